The largest absolute Gasteiger partial charge is 0.497 e. The fraction of sp³-hybridized carbons (Fsp3) is 0.188. The minimum absolute atomic E-state index is 0.0247. The predicted octanol–water partition coefficient (Wildman–Crippen LogP) is 5.97. The molecule has 0 spiro atoms. The van der Waals surface area contributed by atoms with Gasteiger partial charge in [0, 0.05) is 60.8 Å². The molecule has 0 aliphatic rings. The van der Waals surface area contributed by atoms with Crippen molar-refractivity contribution in [2.24, 2.45) is 0 Å². The van der Waals surface area contributed by atoms with Crippen LogP contribution in [0.5, 0.6) is 5.75 Å². The van der Waals surface area contributed by atoms with Crippen LogP contribution < -0.4 is 10.1 Å². The molecule has 3 aromatic carbocycles. The van der Waals surface area contributed by atoms with Crippen LogP contribution in [0, 0.1) is 0 Å². The molecular formula is C32H31N3O2. The monoisotopic (exact) mass is 489 g/mol. The fourth-order valence-corrected chi connectivity index (χ4v) is 4.84. The molecule has 0 aliphatic heterocycles. The zero-order valence-corrected chi connectivity index (χ0v) is 21.0. The third-order valence-corrected chi connectivity index (χ3v) is 6.73. The van der Waals surface area contributed by atoms with E-state index in [1.807, 2.05) is 36.4 Å². The molecule has 5 rings (SSSR count). The van der Waals surface area contributed by atoms with Gasteiger partial charge in [0.25, 0.3) is 0 Å². The van der Waals surface area contributed by atoms with E-state index in [-0.39, 0.29) is 11.8 Å². The first kappa shape index (κ1) is 24.3. The summed E-state index contributed by atoms with van der Waals surface area (Å²) in [5.41, 5.74) is 5.61. The van der Waals surface area contributed by atoms with E-state index in [0.29, 0.717) is 19.4 Å². The molecule has 5 heteroatoms. The van der Waals surface area contributed by atoms with Crippen molar-refractivity contribution in [1.82, 2.24) is 14.9 Å². The SMILES string of the molecule is COc1ccc(C(CC(=O)NCCc2ccccn2)c2cn(Cc3ccccc3)c3ccccc23)cc1. The normalized spacial score (nSPS) is 11.8. The molecule has 0 saturated heterocycles. The molecule has 186 valence electrons. The number of ether oxygens (including phenoxy) is 1. The van der Waals surface area contributed by atoms with E-state index in [4.69, 9.17) is 4.74 Å². The number of carbonyl (C=O) groups excluding carboxylic acids is 1. The smallest absolute Gasteiger partial charge is 0.220 e. The van der Waals surface area contributed by atoms with E-state index in [2.05, 4.69) is 81.7 Å². The average Bonchev–Trinajstić information content (AvgIpc) is 3.31. The van der Waals surface area contributed by atoms with E-state index >= 15 is 0 Å². The fourth-order valence-electron chi connectivity index (χ4n) is 4.84. The Balaban J connectivity index is 1.44. The zero-order chi connectivity index (χ0) is 25.5. The Morgan fingerprint density at radius 1 is 0.919 bits per heavy atom. The molecule has 0 saturated carbocycles. The maximum absolute atomic E-state index is 13.2. The topological polar surface area (TPSA) is 56.1 Å². The third kappa shape index (κ3) is 5.89. The molecular weight excluding hydrogens is 458 g/mol. The van der Waals surface area contributed by atoms with E-state index in [1.165, 1.54) is 10.9 Å². The third-order valence-electron chi connectivity index (χ3n) is 6.73. The highest BCUT2D eigenvalue weighted by Gasteiger charge is 2.23. The van der Waals surface area contributed by atoms with E-state index in [9.17, 15) is 4.79 Å². The van der Waals surface area contributed by atoms with Crippen molar-refractivity contribution in [2.45, 2.75) is 25.3 Å². The van der Waals surface area contributed by atoms with Gasteiger partial charge in [0.1, 0.15) is 5.75 Å². The number of methoxy groups -OCH3 is 1. The van der Waals surface area contributed by atoms with Crippen molar-refractivity contribution in [3.63, 3.8) is 0 Å². The first-order chi connectivity index (χ1) is 18.2. The number of nitrogens with zero attached hydrogens (tertiary/aromatic N) is 2. The number of amides is 1. The second-order valence-corrected chi connectivity index (χ2v) is 9.17. The van der Waals surface area contributed by atoms with Gasteiger partial charge in [0.2, 0.25) is 5.91 Å². The summed E-state index contributed by atoms with van der Waals surface area (Å²) in [7, 11) is 1.67. The maximum Gasteiger partial charge on any atom is 0.220 e. The highest BCUT2D eigenvalue weighted by atomic mass is 16.5. The number of fused-ring (bicyclic) bond motifs is 1. The van der Waals surface area contributed by atoms with Crippen molar-refractivity contribution >= 4 is 16.8 Å². The minimum Gasteiger partial charge on any atom is -0.497 e. The van der Waals surface area contributed by atoms with Crippen molar-refractivity contribution in [1.29, 1.82) is 0 Å². The first-order valence-corrected chi connectivity index (χ1v) is 12.6. The number of aromatic nitrogens is 2. The number of para-hydroxylation sites is 1. The van der Waals surface area contributed by atoms with Gasteiger partial charge in [-0.15, -0.1) is 0 Å². The highest BCUT2D eigenvalue weighted by molar-refractivity contribution is 5.86. The number of hydrogen-bond donors (Lipinski definition) is 1. The van der Waals surface area contributed by atoms with Gasteiger partial charge in [0.05, 0.1) is 7.11 Å². The summed E-state index contributed by atoms with van der Waals surface area (Å²) in [4.78, 5) is 17.5. The number of carbonyl (C=O) groups is 1. The molecule has 0 aliphatic carbocycles. The minimum atomic E-state index is -0.0947. The lowest BCUT2D eigenvalue weighted by atomic mass is 9.88. The van der Waals surface area contributed by atoms with Crippen LogP contribution in [-0.2, 0) is 17.8 Å². The first-order valence-electron chi connectivity index (χ1n) is 12.6. The molecule has 37 heavy (non-hydrogen) atoms. The molecule has 2 heterocycles. The molecule has 0 bridgehead atoms. The summed E-state index contributed by atoms with van der Waals surface area (Å²) in [6.07, 6.45) is 5.06. The van der Waals surface area contributed by atoms with E-state index in [1.54, 1.807) is 13.3 Å². The van der Waals surface area contributed by atoms with Gasteiger partial charge in [0.15, 0.2) is 0 Å². The summed E-state index contributed by atoms with van der Waals surface area (Å²) >= 11 is 0. The molecule has 0 radical (unpaired) electrons. The van der Waals surface area contributed by atoms with Crippen molar-refractivity contribution in [2.75, 3.05) is 13.7 Å². The van der Waals surface area contributed by atoms with Gasteiger partial charge in [-0.25, -0.2) is 0 Å². The highest BCUT2D eigenvalue weighted by Crippen LogP contribution is 2.35. The summed E-state index contributed by atoms with van der Waals surface area (Å²) in [6.45, 7) is 1.33. The number of benzene rings is 3. The Kier molecular flexibility index (Phi) is 7.60. The quantitative estimate of drug-likeness (QED) is 0.263. The van der Waals surface area contributed by atoms with E-state index in [0.717, 1.165) is 34.6 Å². The Hall–Kier alpha value is -4.38. The molecule has 5 nitrogen and oxygen atoms in total. The van der Waals surface area contributed by atoms with Crippen molar-refractivity contribution < 1.29 is 9.53 Å². The summed E-state index contributed by atoms with van der Waals surface area (Å²) in [6, 6.07) is 32.8. The lowest BCUT2D eigenvalue weighted by Gasteiger charge is -2.18. The molecule has 1 amide bonds. The van der Waals surface area contributed by atoms with Crippen molar-refractivity contribution in [3.05, 3.63) is 132 Å². The van der Waals surface area contributed by atoms with Gasteiger partial charge in [-0.1, -0.05) is 66.7 Å². The van der Waals surface area contributed by atoms with Gasteiger partial charge in [-0.2, -0.15) is 0 Å². The van der Waals surface area contributed by atoms with Crippen LogP contribution in [0.2, 0.25) is 0 Å². The molecule has 5 aromatic rings. The lowest BCUT2D eigenvalue weighted by molar-refractivity contribution is -0.121. The number of nitrogens with one attached hydrogen (secondary N) is 1. The number of rotatable bonds is 10. The van der Waals surface area contributed by atoms with Crippen LogP contribution in [0.3, 0.4) is 0 Å². The second kappa shape index (κ2) is 11.6. The van der Waals surface area contributed by atoms with Gasteiger partial charge in [-0.05, 0) is 47.0 Å². The van der Waals surface area contributed by atoms with Crippen LogP contribution >= 0.6 is 0 Å². The van der Waals surface area contributed by atoms with Gasteiger partial charge in [-0.3, -0.25) is 9.78 Å². The van der Waals surface area contributed by atoms with Crippen LogP contribution in [0.25, 0.3) is 10.9 Å². The number of hydrogen-bond acceptors (Lipinski definition) is 3. The van der Waals surface area contributed by atoms with Crippen LogP contribution in [-0.4, -0.2) is 29.1 Å². The lowest BCUT2D eigenvalue weighted by Crippen LogP contribution is -2.27. The maximum atomic E-state index is 13.2. The van der Waals surface area contributed by atoms with Gasteiger partial charge < -0.3 is 14.6 Å². The number of pyridine rings is 1. The summed E-state index contributed by atoms with van der Waals surface area (Å²) in [5, 5.41) is 4.28. The zero-order valence-electron chi connectivity index (χ0n) is 21.0. The van der Waals surface area contributed by atoms with Crippen LogP contribution in [0.4, 0.5) is 0 Å². The summed E-state index contributed by atoms with van der Waals surface area (Å²) in [5.74, 6) is 0.730. The average molecular weight is 490 g/mol. The standard InChI is InChI=1S/C32H31N3O2/c1-37-27-16-14-25(15-17-27)29(21-32(36)34-20-18-26-11-7-8-19-33-26)30-23-35(22-24-9-3-2-4-10-24)31-13-6-5-12-28(30)31/h2-17,19,23,29H,18,20-22H2,1H3,(H,34,36). The molecule has 1 N–H and O–H groups in total. The molecule has 0 fully saturated rings. The van der Waals surface area contributed by atoms with E-state index < -0.39 is 0 Å². The molecule has 2 aromatic heterocycles. The molecule has 1 unspecified atom stereocenters. The summed E-state index contributed by atoms with van der Waals surface area (Å²) < 4.78 is 7.67. The second-order valence-electron chi connectivity index (χ2n) is 9.17. The Labute approximate surface area is 217 Å². The predicted molar refractivity (Wildman–Crippen MR) is 148 cm³/mol. The van der Waals surface area contributed by atoms with Crippen LogP contribution in [0.1, 0.15) is 34.7 Å². The Bertz CT molecular complexity index is 1440. The Morgan fingerprint density at radius 3 is 2.43 bits per heavy atom. The van der Waals surface area contributed by atoms with Gasteiger partial charge >= 0.3 is 0 Å². The van der Waals surface area contributed by atoms with Crippen molar-refractivity contribution in [3.8, 4) is 5.75 Å². The van der Waals surface area contributed by atoms with Crippen LogP contribution in [0.15, 0.2) is 109 Å². The molecule has 1 atom stereocenters. The Morgan fingerprint density at radius 2 is 1.68 bits per heavy atom.